The van der Waals surface area contributed by atoms with Crippen molar-refractivity contribution in [2.45, 2.75) is 11.7 Å². The van der Waals surface area contributed by atoms with Gasteiger partial charge in [-0.05, 0) is 42.3 Å². The molecule has 0 aliphatic carbocycles. The highest BCUT2D eigenvalue weighted by Crippen LogP contribution is 2.37. The fraction of sp³-hybridized carbons (Fsp3) is 0.278. The molecule has 0 N–H and O–H groups in total. The van der Waals surface area contributed by atoms with Crippen molar-refractivity contribution in [3.05, 3.63) is 69.7 Å². The quantitative estimate of drug-likeness (QED) is 0.718. The Morgan fingerprint density at radius 3 is 2.52 bits per heavy atom. The van der Waals surface area contributed by atoms with E-state index in [0.717, 1.165) is 30.3 Å². The zero-order chi connectivity index (χ0) is 16.2. The highest BCUT2D eigenvalue weighted by Gasteiger charge is 2.23. The van der Waals surface area contributed by atoms with E-state index in [4.69, 9.17) is 23.2 Å². The van der Waals surface area contributed by atoms with Crippen LogP contribution >= 0.6 is 35.0 Å². The molecule has 0 spiro atoms. The maximum Gasteiger partial charge on any atom is 0.253 e. The summed E-state index contributed by atoms with van der Waals surface area (Å²) < 4.78 is 0. The normalized spacial score (nSPS) is 18.5. The van der Waals surface area contributed by atoms with Gasteiger partial charge in [0.2, 0.25) is 0 Å². The van der Waals surface area contributed by atoms with Gasteiger partial charge in [-0.2, -0.15) is 11.8 Å². The van der Waals surface area contributed by atoms with Crippen LogP contribution in [0.3, 0.4) is 0 Å². The Labute approximate surface area is 150 Å². The van der Waals surface area contributed by atoms with Gasteiger partial charge < -0.3 is 4.90 Å². The summed E-state index contributed by atoms with van der Waals surface area (Å²) >= 11 is 14.1. The number of rotatable bonds is 2. The predicted molar refractivity (Wildman–Crippen MR) is 98.6 cm³/mol. The van der Waals surface area contributed by atoms with Crippen LogP contribution in [0, 0.1) is 0 Å². The average molecular weight is 366 g/mol. The molecule has 0 bridgehead atoms. The average Bonchev–Trinajstić information content (AvgIpc) is 2.81. The maximum atomic E-state index is 12.6. The second kappa shape index (κ2) is 7.61. The zero-order valence-electron chi connectivity index (χ0n) is 12.5. The van der Waals surface area contributed by atoms with Crippen molar-refractivity contribution in [1.29, 1.82) is 0 Å². The number of benzene rings is 2. The summed E-state index contributed by atoms with van der Waals surface area (Å²) in [7, 11) is 0. The van der Waals surface area contributed by atoms with Crippen molar-refractivity contribution in [1.82, 2.24) is 4.90 Å². The lowest BCUT2D eigenvalue weighted by Gasteiger charge is -2.20. The standard InChI is InChI=1S/C18H17Cl2NOS/c19-14-7-5-13(6-8-14)18(22)21-10-9-17(23-12-11-21)15-3-1-2-4-16(15)20/h1-8,17H,9-12H2. The SMILES string of the molecule is O=C(c1ccc(Cl)cc1)N1CCSC(c2ccccc2Cl)CC1. The number of hydrogen-bond acceptors (Lipinski definition) is 2. The molecule has 1 saturated heterocycles. The van der Waals surface area contributed by atoms with Crippen molar-refractivity contribution in [3.8, 4) is 0 Å². The van der Waals surface area contributed by atoms with E-state index in [1.807, 2.05) is 34.9 Å². The molecule has 1 atom stereocenters. The van der Waals surface area contributed by atoms with E-state index < -0.39 is 0 Å². The van der Waals surface area contributed by atoms with Crippen LogP contribution in [0.2, 0.25) is 10.0 Å². The fourth-order valence-corrected chi connectivity index (χ4v) is 4.46. The van der Waals surface area contributed by atoms with E-state index in [2.05, 4.69) is 6.07 Å². The number of halogens is 2. The Kier molecular flexibility index (Phi) is 5.52. The monoisotopic (exact) mass is 365 g/mol. The smallest absolute Gasteiger partial charge is 0.253 e. The molecule has 1 fully saturated rings. The second-order valence-corrected chi connectivity index (χ2v) is 7.62. The molecule has 1 heterocycles. The molecule has 0 radical (unpaired) electrons. The molecule has 3 rings (SSSR count). The minimum atomic E-state index is 0.0714. The first-order valence-electron chi connectivity index (χ1n) is 7.56. The molecule has 1 amide bonds. The van der Waals surface area contributed by atoms with Gasteiger partial charge in [-0.25, -0.2) is 0 Å². The summed E-state index contributed by atoms with van der Waals surface area (Å²) in [6, 6.07) is 15.1. The highest BCUT2D eigenvalue weighted by molar-refractivity contribution is 7.99. The van der Waals surface area contributed by atoms with Crippen LogP contribution in [0.4, 0.5) is 0 Å². The molecule has 2 aromatic carbocycles. The predicted octanol–water partition coefficient (Wildman–Crippen LogP) is 5.31. The number of nitrogens with zero attached hydrogens (tertiary/aromatic N) is 1. The first-order valence-corrected chi connectivity index (χ1v) is 9.36. The van der Waals surface area contributed by atoms with Gasteiger partial charge in [0.1, 0.15) is 0 Å². The Balaban J connectivity index is 1.70. The Morgan fingerprint density at radius 1 is 1.04 bits per heavy atom. The van der Waals surface area contributed by atoms with Gasteiger partial charge in [0.05, 0.1) is 0 Å². The molecular weight excluding hydrogens is 349 g/mol. The molecule has 5 heteroatoms. The third-order valence-corrected chi connectivity index (χ3v) is 5.88. The van der Waals surface area contributed by atoms with Gasteiger partial charge in [-0.1, -0.05) is 41.4 Å². The highest BCUT2D eigenvalue weighted by atomic mass is 35.5. The summed E-state index contributed by atoms with van der Waals surface area (Å²) in [6.45, 7) is 1.50. The number of carbonyl (C=O) groups excluding carboxylic acids is 1. The van der Waals surface area contributed by atoms with Gasteiger partial charge in [0.25, 0.3) is 5.91 Å². The molecule has 0 saturated carbocycles. The molecule has 2 aromatic rings. The second-order valence-electron chi connectivity index (χ2n) is 5.47. The molecule has 1 unspecified atom stereocenters. The summed E-state index contributed by atoms with van der Waals surface area (Å²) in [5.74, 6) is 0.983. The topological polar surface area (TPSA) is 20.3 Å². The van der Waals surface area contributed by atoms with Crippen LogP contribution in [0.1, 0.15) is 27.6 Å². The van der Waals surface area contributed by atoms with E-state index in [0.29, 0.717) is 15.8 Å². The van der Waals surface area contributed by atoms with Crippen molar-refractivity contribution in [3.63, 3.8) is 0 Å². The van der Waals surface area contributed by atoms with Crippen LogP contribution < -0.4 is 0 Å². The number of carbonyl (C=O) groups is 1. The third-order valence-electron chi connectivity index (χ3n) is 3.97. The van der Waals surface area contributed by atoms with Crippen molar-refractivity contribution in [2.75, 3.05) is 18.8 Å². The lowest BCUT2D eigenvalue weighted by atomic mass is 10.1. The van der Waals surface area contributed by atoms with Crippen molar-refractivity contribution < 1.29 is 4.79 Å². The minimum absolute atomic E-state index is 0.0714. The summed E-state index contributed by atoms with van der Waals surface area (Å²) in [5, 5.41) is 1.79. The fourth-order valence-electron chi connectivity index (χ4n) is 2.73. The molecular formula is C18H17Cl2NOS. The van der Waals surface area contributed by atoms with Gasteiger partial charge in [-0.15, -0.1) is 0 Å². The summed E-state index contributed by atoms with van der Waals surface area (Å²) in [5.41, 5.74) is 1.86. The molecule has 23 heavy (non-hydrogen) atoms. The van der Waals surface area contributed by atoms with Gasteiger partial charge in [0.15, 0.2) is 0 Å². The molecule has 0 aromatic heterocycles. The lowest BCUT2D eigenvalue weighted by molar-refractivity contribution is 0.0766. The first kappa shape index (κ1) is 16.7. The van der Waals surface area contributed by atoms with Crippen LogP contribution in [-0.4, -0.2) is 29.6 Å². The zero-order valence-corrected chi connectivity index (χ0v) is 14.9. The molecule has 2 nitrogen and oxygen atoms in total. The maximum absolute atomic E-state index is 12.6. The third kappa shape index (κ3) is 4.03. The van der Waals surface area contributed by atoms with E-state index in [1.54, 1.807) is 24.3 Å². The lowest BCUT2D eigenvalue weighted by Crippen LogP contribution is -2.32. The number of amides is 1. The first-order chi connectivity index (χ1) is 11.1. The largest absolute Gasteiger partial charge is 0.338 e. The summed E-state index contributed by atoms with van der Waals surface area (Å²) in [6.07, 6.45) is 0.910. The van der Waals surface area contributed by atoms with Gasteiger partial charge >= 0.3 is 0 Å². The van der Waals surface area contributed by atoms with E-state index in [9.17, 15) is 4.79 Å². The van der Waals surface area contributed by atoms with Crippen LogP contribution in [0.15, 0.2) is 48.5 Å². The van der Waals surface area contributed by atoms with Crippen molar-refractivity contribution >= 4 is 40.9 Å². The van der Waals surface area contributed by atoms with E-state index in [1.165, 1.54) is 5.56 Å². The Morgan fingerprint density at radius 2 is 1.78 bits per heavy atom. The van der Waals surface area contributed by atoms with Crippen molar-refractivity contribution in [2.24, 2.45) is 0 Å². The Bertz CT molecular complexity index is 690. The van der Waals surface area contributed by atoms with Gasteiger partial charge in [-0.3, -0.25) is 4.79 Å². The molecule has 1 aliphatic rings. The van der Waals surface area contributed by atoms with E-state index >= 15 is 0 Å². The Hall–Kier alpha value is -1.16. The van der Waals surface area contributed by atoms with E-state index in [-0.39, 0.29) is 5.91 Å². The number of thioether (sulfide) groups is 1. The minimum Gasteiger partial charge on any atom is -0.338 e. The van der Waals surface area contributed by atoms with Crippen LogP contribution in [0.5, 0.6) is 0 Å². The molecule has 1 aliphatic heterocycles. The number of hydrogen-bond donors (Lipinski definition) is 0. The van der Waals surface area contributed by atoms with Crippen LogP contribution in [-0.2, 0) is 0 Å². The molecule has 120 valence electrons. The van der Waals surface area contributed by atoms with Crippen LogP contribution in [0.25, 0.3) is 0 Å². The summed E-state index contributed by atoms with van der Waals surface area (Å²) in [4.78, 5) is 14.5. The van der Waals surface area contributed by atoms with Gasteiger partial charge in [0, 0.05) is 39.7 Å².